The van der Waals surface area contributed by atoms with E-state index in [9.17, 15) is 0 Å². The smallest absolute Gasteiger partial charge is 0.0431 e. The summed E-state index contributed by atoms with van der Waals surface area (Å²) in [5, 5.41) is 14.8. The van der Waals surface area contributed by atoms with Gasteiger partial charge in [0.1, 0.15) is 0 Å². The third kappa shape index (κ3) is 18.1. The summed E-state index contributed by atoms with van der Waals surface area (Å²) in [6, 6.07) is 0. The summed E-state index contributed by atoms with van der Waals surface area (Å²) in [4.78, 5) is 0. The molecule has 0 aromatic rings. The monoisotopic (exact) mass is 136 g/mol. The lowest BCUT2D eigenvalue weighted by Gasteiger charge is -1.90. The molecule has 0 aromatic heterocycles. The summed E-state index contributed by atoms with van der Waals surface area (Å²) in [7, 11) is 0. The number of rotatable bonds is 4. The first-order valence-electron chi connectivity index (χ1n) is 2.98. The van der Waals surface area contributed by atoms with Crippen LogP contribution in [0.5, 0.6) is 0 Å². The molecule has 0 bridgehead atoms. The summed E-state index contributed by atoms with van der Waals surface area (Å²) >= 11 is 0. The van der Waals surface area contributed by atoms with Crippen molar-refractivity contribution >= 4 is 0 Å². The van der Waals surface area contributed by atoms with Crippen molar-refractivity contribution in [1.29, 1.82) is 0 Å². The maximum Gasteiger partial charge on any atom is 0.0431 e. The van der Waals surface area contributed by atoms with Crippen molar-refractivity contribution in [2.45, 2.75) is 19.3 Å². The van der Waals surface area contributed by atoms with E-state index in [-0.39, 0.29) is 0 Å². The van der Waals surface area contributed by atoms with E-state index < -0.39 is 0 Å². The first-order chi connectivity index (χ1) is 4.41. The zero-order valence-electron chi connectivity index (χ0n) is 5.58. The molecule has 0 aliphatic rings. The molecule has 0 atom stereocenters. The molecule has 0 rings (SSSR count). The van der Waals surface area contributed by atoms with E-state index in [2.05, 4.69) is 5.90 Å². The molecular weight excluding hydrogens is 120 g/mol. The van der Waals surface area contributed by atoms with E-state index in [1.54, 1.807) is 0 Å². The lowest BCUT2D eigenvalue weighted by molar-refractivity contribution is 0.283. The molecule has 6 N–H and O–H groups in total. The topological polar surface area (TPSA) is 92.5 Å². The van der Waals surface area contributed by atoms with Crippen LogP contribution in [0.15, 0.2) is 0 Å². The Balaban J connectivity index is 0. The molecule has 4 heteroatoms. The number of aliphatic hydroxyl groups excluding tert-OH is 1. The molecule has 4 nitrogen and oxygen atoms in total. The largest absolute Gasteiger partial charge is 0.396 e. The van der Waals surface area contributed by atoms with Gasteiger partial charge in [-0.25, -0.2) is 5.90 Å². The van der Waals surface area contributed by atoms with Gasteiger partial charge in [-0.3, -0.25) is 0 Å². The van der Waals surface area contributed by atoms with Crippen molar-refractivity contribution in [3.8, 4) is 0 Å². The average Bonchev–Trinajstić information content (AvgIpc) is 1.94. The summed E-state index contributed by atoms with van der Waals surface area (Å²) in [5.41, 5.74) is 5.19. The molecule has 0 amide bonds. The molecule has 58 valence electrons. The molecule has 0 fully saturated rings. The van der Waals surface area contributed by atoms with Crippen LogP contribution in [0.25, 0.3) is 0 Å². The highest BCUT2D eigenvalue weighted by atomic mass is 16.4. The number of unbranched alkanes of at least 4 members (excludes halogenated alkanes) is 2. The Morgan fingerprint density at radius 1 is 1.00 bits per heavy atom. The highest BCUT2D eigenvalue weighted by molar-refractivity contribution is 4.38. The molecule has 9 heavy (non-hydrogen) atoms. The summed E-state index contributed by atoms with van der Waals surface area (Å²) in [6.45, 7) is 1.06. The molecule has 0 saturated heterocycles. The quantitative estimate of drug-likeness (QED) is 0.308. The van der Waals surface area contributed by atoms with Crippen LogP contribution in [0.1, 0.15) is 19.3 Å². The molecule has 0 aliphatic carbocycles. The minimum Gasteiger partial charge on any atom is -0.396 e. The first-order valence-corrected chi connectivity index (χ1v) is 2.98. The van der Waals surface area contributed by atoms with Crippen LogP contribution >= 0.6 is 0 Å². The minimum absolute atomic E-state index is 0.306. The lowest BCUT2D eigenvalue weighted by Crippen LogP contribution is -1.98. The fraction of sp³-hybridized carbons (Fsp3) is 1.00. The Morgan fingerprint density at radius 2 is 1.56 bits per heavy atom. The van der Waals surface area contributed by atoms with Crippen LogP contribution in [0.2, 0.25) is 0 Å². The van der Waals surface area contributed by atoms with Crippen LogP contribution in [0.4, 0.5) is 0 Å². The van der Waals surface area contributed by atoms with Gasteiger partial charge in [0.05, 0.1) is 0 Å². The number of aliphatic hydroxyl groups is 1. The SMILES string of the molecule is NCCCCCO.NO. The molecule has 0 aromatic carbocycles. The van der Waals surface area contributed by atoms with E-state index >= 15 is 0 Å². The van der Waals surface area contributed by atoms with E-state index in [0.29, 0.717) is 6.61 Å². The molecule has 0 saturated carbocycles. The average molecular weight is 136 g/mol. The van der Waals surface area contributed by atoms with E-state index in [1.165, 1.54) is 0 Å². The zero-order chi connectivity index (χ0) is 7.54. The summed E-state index contributed by atoms with van der Waals surface area (Å²) < 4.78 is 0. The van der Waals surface area contributed by atoms with Gasteiger partial charge in [0.2, 0.25) is 0 Å². The van der Waals surface area contributed by atoms with Crippen molar-refractivity contribution in [2.75, 3.05) is 13.2 Å². The Kier molecular flexibility index (Phi) is 20.2. The van der Waals surface area contributed by atoms with E-state index in [0.717, 1.165) is 25.8 Å². The molecule has 0 spiro atoms. The third-order valence-electron chi connectivity index (χ3n) is 0.862. The fourth-order valence-corrected chi connectivity index (χ4v) is 0.433. The van der Waals surface area contributed by atoms with Crippen molar-refractivity contribution in [3.05, 3.63) is 0 Å². The first kappa shape index (κ1) is 11.6. The van der Waals surface area contributed by atoms with Crippen LogP contribution < -0.4 is 11.6 Å². The van der Waals surface area contributed by atoms with Gasteiger partial charge in [0.15, 0.2) is 0 Å². The second kappa shape index (κ2) is 15.7. The molecule has 0 radical (unpaired) electrons. The summed E-state index contributed by atoms with van der Waals surface area (Å²) in [5.74, 6) is 3.50. The van der Waals surface area contributed by atoms with Crippen LogP contribution in [0, 0.1) is 0 Å². The zero-order valence-corrected chi connectivity index (χ0v) is 5.58. The summed E-state index contributed by atoms with van der Waals surface area (Å²) in [6.07, 6.45) is 3.00. The van der Waals surface area contributed by atoms with Gasteiger partial charge < -0.3 is 16.0 Å². The molecule has 0 aliphatic heterocycles. The number of nitrogens with two attached hydrogens (primary N) is 2. The predicted octanol–water partition coefficient (Wildman–Crippen LogP) is -0.558. The van der Waals surface area contributed by atoms with Gasteiger partial charge in [-0.2, -0.15) is 0 Å². The maximum absolute atomic E-state index is 8.25. The molecule has 0 unspecified atom stereocenters. The highest BCUT2D eigenvalue weighted by Gasteiger charge is 1.80. The highest BCUT2D eigenvalue weighted by Crippen LogP contribution is 1.89. The van der Waals surface area contributed by atoms with Crippen LogP contribution in [0.3, 0.4) is 0 Å². The minimum atomic E-state index is 0.306. The van der Waals surface area contributed by atoms with Crippen molar-refractivity contribution in [3.63, 3.8) is 0 Å². The van der Waals surface area contributed by atoms with Crippen molar-refractivity contribution < 1.29 is 10.3 Å². The van der Waals surface area contributed by atoms with Gasteiger partial charge in [-0.05, 0) is 25.8 Å². The van der Waals surface area contributed by atoms with Gasteiger partial charge in [0, 0.05) is 6.61 Å². The molecule has 0 heterocycles. The van der Waals surface area contributed by atoms with Gasteiger partial charge in [-0.1, -0.05) is 0 Å². The normalized spacial score (nSPS) is 8.00. The second-order valence-corrected chi connectivity index (χ2v) is 1.57. The van der Waals surface area contributed by atoms with Gasteiger partial charge >= 0.3 is 0 Å². The predicted molar refractivity (Wildman–Crippen MR) is 36.0 cm³/mol. The van der Waals surface area contributed by atoms with Crippen LogP contribution in [-0.4, -0.2) is 23.5 Å². The number of hydrogen-bond acceptors (Lipinski definition) is 4. The van der Waals surface area contributed by atoms with Crippen LogP contribution in [-0.2, 0) is 0 Å². The van der Waals surface area contributed by atoms with Gasteiger partial charge in [-0.15, -0.1) is 0 Å². The Bertz CT molecular complexity index is 32.1. The Morgan fingerprint density at radius 3 is 1.89 bits per heavy atom. The third-order valence-corrected chi connectivity index (χ3v) is 0.862. The van der Waals surface area contributed by atoms with Crippen molar-refractivity contribution in [2.24, 2.45) is 11.6 Å². The fourth-order valence-electron chi connectivity index (χ4n) is 0.433. The van der Waals surface area contributed by atoms with E-state index in [1.807, 2.05) is 0 Å². The Hall–Kier alpha value is -0.160. The Labute approximate surface area is 55.4 Å². The lowest BCUT2D eigenvalue weighted by atomic mass is 10.2. The molecular formula is C5H16N2O2. The van der Waals surface area contributed by atoms with Crippen molar-refractivity contribution in [1.82, 2.24) is 0 Å². The maximum atomic E-state index is 8.25. The standard InChI is InChI=1S/C5H13NO.H3NO/c6-4-2-1-3-5-7;1-2/h7H,1-6H2;2H,1H2. The number of hydrogen-bond donors (Lipinski definition) is 4. The van der Waals surface area contributed by atoms with E-state index in [4.69, 9.17) is 16.0 Å². The second-order valence-electron chi connectivity index (χ2n) is 1.57. The van der Waals surface area contributed by atoms with Gasteiger partial charge in [0.25, 0.3) is 0 Å².